The second-order valence-electron chi connectivity index (χ2n) is 5.72. The Labute approximate surface area is 130 Å². The topological polar surface area (TPSA) is 71.1 Å². The molecule has 1 aromatic heterocycles. The highest BCUT2D eigenvalue weighted by Gasteiger charge is 2.13. The molecule has 1 aromatic carbocycles. The van der Waals surface area contributed by atoms with E-state index in [2.05, 4.69) is 15.6 Å². The number of fused-ring (bicyclic) bond motifs is 1. The fourth-order valence-electron chi connectivity index (χ4n) is 2.25. The maximum absolute atomic E-state index is 12.3. The van der Waals surface area contributed by atoms with Crippen LogP contribution in [-0.4, -0.2) is 29.4 Å². The lowest BCUT2D eigenvalue weighted by Crippen LogP contribution is -2.40. The van der Waals surface area contributed by atoms with Crippen LogP contribution in [0.5, 0.6) is 0 Å². The van der Waals surface area contributed by atoms with Crippen molar-refractivity contribution in [3.8, 4) is 0 Å². The lowest BCUT2D eigenvalue weighted by Gasteiger charge is -2.11. The number of pyridine rings is 1. The van der Waals surface area contributed by atoms with E-state index in [0.29, 0.717) is 11.3 Å². The minimum Gasteiger partial charge on any atom is -0.352 e. The van der Waals surface area contributed by atoms with Crippen molar-refractivity contribution in [2.75, 3.05) is 6.54 Å². The highest BCUT2D eigenvalue weighted by Crippen LogP contribution is 2.18. The third-order valence-corrected chi connectivity index (χ3v) is 3.26. The Hall–Kier alpha value is -2.43. The molecule has 5 heteroatoms. The second kappa shape index (κ2) is 6.56. The highest BCUT2D eigenvalue weighted by atomic mass is 16.2. The molecule has 0 radical (unpaired) electrons. The number of aromatic nitrogens is 1. The van der Waals surface area contributed by atoms with Crippen LogP contribution in [0.1, 0.15) is 35.5 Å². The van der Waals surface area contributed by atoms with Gasteiger partial charge in [-0.05, 0) is 45.9 Å². The van der Waals surface area contributed by atoms with Crippen molar-refractivity contribution in [3.05, 3.63) is 41.1 Å². The van der Waals surface area contributed by atoms with Gasteiger partial charge in [-0.3, -0.25) is 14.6 Å². The van der Waals surface area contributed by atoms with Gasteiger partial charge in [0.05, 0.1) is 23.3 Å². The Morgan fingerprint density at radius 1 is 1.18 bits per heavy atom. The number of nitrogens with zero attached hydrogens (tertiary/aromatic N) is 1. The van der Waals surface area contributed by atoms with Crippen LogP contribution in [0.2, 0.25) is 0 Å². The maximum atomic E-state index is 12.3. The predicted molar refractivity (Wildman–Crippen MR) is 86.8 cm³/mol. The summed E-state index contributed by atoms with van der Waals surface area (Å²) >= 11 is 0. The summed E-state index contributed by atoms with van der Waals surface area (Å²) in [5.74, 6) is -0.488. The average Bonchev–Trinajstić information content (AvgIpc) is 2.43. The van der Waals surface area contributed by atoms with Crippen LogP contribution in [0.4, 0.5) is 0 Å². The van der Waals surface area contributed by atoms with E-state index < -0.39 is 0 Å². The van der Waals surface area contributed by atoms with Crippen molar-refractivity contribution < 1.29 is 9.59 Å². The lowest BCUT2D eigenvalue weighted by molar-refractivity contribution is -0.120. The fraction of sp³-hybridized carbons (Fsp3) is 0.353. The summed E-state index contributed by atoms with van der Waals surface area (Å²) < 4.78 is 0. The van der Waals surface area contributed by atoms with Gasteiger partial charge < -0.3 is 10.6 Å². The summed E-state index contributed by atoms with van der Waals surface area (Å²) in [6.45, 7) is 7.50. The zero-order chi connectivity index (χ0) is 16.3. The first-order valence-corrected chi connectivity index (χ1v) is 7.32. The third-order valence-electron chi connectivity index (χ3n) is 3.26. The molecule has 0 aliphatic carbocycles. The number of carbonyl (C=O) groups excluding carboxylic acids is 2. The van der Waals surface area contributed by atoms with Crippen LogP contribution in [0, 0.1) is 13.8 Å². The van der Waals surface area contributed by atoms with Gasteiger partial charge >= 0.3 is 0 Å². The molecule has 2 amide bonds. The molecule has 116 valence electrons. The summed E-state index contributed by atoms with van der Waals surface area (Å²) in [7, 11) is 0. The Morgan fingerprint density at radius 2 is 1.91 bits per heavy atom. The standard InChI is InChI=1S/C17H21N3O2/c1-10(2)19-16(21)9-18-17(22)14-8-13-7-11(3)5-6-15(13)20-12(14)4/h5-8,10H,9H2,1-4H3,(H,18,22)(H,19,21). The zero-order valence-electron chi connectivity index (χ0n) is 13.4. The number of rotatable bonds is 4. The highest BCUT2D eigenvalue weighted by molar-refractivity contribution is 6.00. The second-order valence-corrected chi connectivity index (χ2v) is 5.72. The molecule has 2 rings (SSSR count). The molecule has 0 aliphatic rings. The fourth-order valence-corrected chi connectivity index (χ4v) is 2.25. The van der Waals surface area contributed by atoms with Gasteiger partial charge in [-0.1, -0.05) is 11.6 Å². The number of hydrogen-bond donors (Lipinski definition) is 2. The van der Waals surface area contributed by atoms with Crippen LogP contribution in [0.15, 0.2) is 24.3 Å². The predicted octanol–water partition coefficient (Wildman–Crippen LogP) is 2.11. The minimum absolute atomic E-state index is 0.0394. The Bertz CT molecular complexity index is 723. The van der Waals surface area contributed by atoms with Gasteiger partial charge in [0.2, 0.25) is 5.91 Å². The molecule has 0 saturated heterocycles. The van der Waals surface area contributed by atoms with Crippen molar-refractivity contribution in [1.82, 2.24) is 15.6 Å². The van der Waals surface area contributed by atoms with Gasteiger partial charge in [0.1, 0.15) is 0 Å². The monoisotopic (exact) mass is 299 g/mol. The average molecular weight is 299 g/mol. The van der Waals surface area contributed by atoms with E-state index in [1.165, 1.54) is 0 Å². The van der Waals surface area contributed by atoms with Crippen LogP contribution in [0.25, 0.3) is 10.9 Å². The maximum Gasteiger partial charge on any atom is 0.253 e. The molecular weight excluding hydrogens is 278 g/mol. The van der Waals surface area contributed by atoms with Crippen molar-refractivity contribution >= 4 is 22.7 Å². The zero-order valence-corrected chi connectivity index (χ0v) is 13.4. The van der Waals surface area contributed by atoms with Crippen LogP contribution in [0.3, 0.4) is 0 Å². The van der Waals surface area contributed by atoms with E-state index in [4.69, 9.17) is 0 Å². The van der Waals surface area contributed by atoms with E-state index in [9.17, 15) is 9.59 Å². The number of hydrogen-bond acceptors (Lipinski definition) is 3. The van der Waals surface area contributed by atoms with E-state index in [0.717, 1.165) is 16.5 Å². The molecule has 1 heterocycles. The number of carbonyl (C=O) groups is 2. The Kier molecular flexibility index (Phi) is 4.75. The molecule has 0 atom stereocenters. The molecular formula is C17H21N3O2. The molecule has 2 N–H and O–H groups in total. The number of nitrogens with one attached hydrogen (secondary N) is 2. The summed E-state index contributed by atoms with van der Waals surface area (Å²) in [6.07, 6.45) is 0. The summed E-state index contributed by atoms with van der Waals surface area (Å²) in [4.78, 5) is 28.3. The Morgan fingerprint density at radius 3 is 2.59 bits per heavy atom. The molecule has 5 nitrogen and oxygen atoms in total. The van der Waals surface area contributed by atoms with E-state index >= 15 is 0 Å². The van der Waals surface area contributed by atoms with Crippen molar-refractivity contribution in [1.29, 1.82) is 0 Å². The first-order chi connectivity index (χ1) is 10.4. The smallest absolute Gasteiger partial charge is 0.253 e. The third kappa shape index (κ3) is 3.81. The number of aryl methyl sites for hydroxylation is 2. The van der Waals surface area contributed by atoms with Crippen LogP contribution < -0.4 is 10.6 Å². The van der Waals surface area contributed by atoms with Gasteiger partial charge in [-0.2, -0.15) is 0 Å². The summed E-state index contributed by atoms with van der Waals surface area (Å²) in [6, 6.07) is 7.79. The lowest BCUT2D eigenvalue weighted by atomic mass is 10.1. The first kappa shape index (κ1) is 15.9. The normalized spacial score (nSPS) is 10.8. The van der Waals surface area contributed by atoms with E-state index in [1.807, 2.05) is 45.0 Å². The molecule has 0 aliphatic heterocycles. The molecule has 0 bridgehead atoms. The summed E-state index contributed by atoms with van der Waals surface area (Å²) in [5, 5.41) is 6.28. The van der Waals surface area contributed by atoms with Crippen molar-refractivity contribution in [3.63, 3.8) is 0 Å². The van der Waals surface area contributed by atoms with Crippen LogP contribution >= 0.6 is 0 Å². The molecule has 2 aromatic rings. The van der Waals surface area contributed by atoms with Gasteiger partial charge in [0.15, 0.2) is 0 Å². The molecule has 0 saturated carbocycles. The van der Waals surface area contributed by atoms with Gasteiger partial charge in [-0.25, -0.2) is 0 Å². The van der Waals surface area contributed by atoms with Crippen LogP contribution in [-0.2, 0) is 4.79 Å². The molecule has 22 heavy (non-hydrogen) atoms. The molecule has 0 fully saturated rings. The first-order valence-electron chi connectivity index (χ1n) is 7.32. The number of benzene rings is 1. The van der Waals surface area contributed by atoms with Crippen molar-refractivity contribution in [2.24, 2.45) is 0 Å². The van der Waals surface area contributed by atoms with Gasteiger partial charge in [-0.15, -0.1) is 0 Å². The van der Waals surface area contributed by atoms with Gasteiger partial charge in [0, 0.05) is 11.4 Å². The van der Waals surface area contributed by atoms with Crippen molar-refractivity contribution in [2.45, 2.75) is 33.7 Å². The number of amides is 2. The van der Waals surface area contributed by atoms with E-state index in [1.54, 1.807) is 6.92 Å². The molecule has 0 unspecified atom stereocenters. The summed E-state index contributed by atoms with van der Waals surface area (Å²) in [5.41, 5.74) is 3.12. The quantitative estimate of drug-likeness (QED) is 0.908. The van der Waals surface area contributed by atoms with E-state index in [-0.39, 0.29) is 24.4 Å². The largest absolute Gasteiger partial charge is 0.352 e. The minimum atomic E-state index is -0.285. The SMILES string of the molecule is Cc1ccc2nc(C)c(C(=O)NCC(=O)NC(C)C)cc2c1. The Balaban J connectivity index is 2.17. The van der Waals surface area contributed by atoms with Gasteiger partial charge in [0.25, 0.3) is 5.91 Å². The molecule has 0 spiro atoms.